The van der Waals surface area contributed by atoms with Gasteiger partial charge in [-0.2, -0.15) is 0 Å². The Hall–Kier alpha value is -3.22. The van der Waals surface area contributed by atoms with Crippen LogP contribution in [0.5, 0.6) is 0 Å². The third-order valence-electron chi connectivity index (χ3n) is 4.80. The van der Waals surface area contributed by atoms with E-state index < -0.39 is 0 Å². The lowest BCUT2D eigenvalue weighted by atomic mass is 10.1. The van der Waals surface area contributed by atoms with Gasteiger partial charge in [-0.1, -0.05) is 6.07 Å². The van der Waals surface area contributed by atoms with Gasteiger partial charge in [-0.05, 0) is 43.5 Å². The molecule has 0 saturated carbocycles. The number of pyridine rings is 1. The van der Waals surface area contributed by atoms with Crippen LogP contribution in [0.15, 0.2) is 53.4 Å². The molecule has 0 aromatic carbocycles. The highest BCUT2D eigenvalue weighted by molar-refractivity contribution is 5.99. The minimum absolute atomic E-state index is 0.211. The fourth-order valence-electron chi connectivity index (χ4n) is 3.33. The fraction of sp³-hybridized carbons (Fsp3) is 0.333. The molecular formula is C21H23N5O2. The maximum Gasteiger partial charge on any atom is 0.255 e. The number of nitrogens with one attached hydrogen (secondary N) is 1. The van der Waals surface area contributed by atoms with Crippen LogP contribution < -0.4 is 10.2 Å². The van der Waals surface area contributed by atoms with E-state index in [2.05, 4.69) is 20.2 Å². The van der Waals surface area contributed by atoms with Gasteiger partial charge < -0.3 is 14.6 Å². The Morgan fingerprint density at radius 3 is 2.75 bits per heavy atom. The van der Waals surface area contributed by atoms with Gasteiger partial charge in [0.15, 0.2) is 0 Å². The predicted octanol–water partition coefficient (Wildman–Crippen LogP) is 3.09. The van der Waals surface area contributed by atoms with Gasteiger partial charge in [-0.15, -0.1) is 0 Å². The molecule has 0 aliphatic carbocycles. The Kier molecular flexibility index (Phi) is 5.61. The van der Waals surface area contributed by atoms with E-state index in [4.69, 9.17) is 9.40 Å². The number of rotatable bonds is 6. The van der Waals surface area contributed by atoms with Crippen LogP contribution in [0.1, 0.15) is 35.4 Å². The third-order valence-corrected chi connectivity index (χ3v) is 4.80. The van der Waals surface area contributed by atoms with Crippen LogP contribution in [-0.2, 0) is 6.42 Å². The lowest BCUT2D eigenvalue weighted by Crippen LogP contribution is -2.32. The van der Waals surface area contributed by atoms with E-state index in [9.17, 15) is 4.79 Å². The lowest BCUT2D eigenvalue weighted by Gasteiger charge is -2.27. The zero-order valence-electron chi connectivity index (χ0n) is 15.7. The highest BCUT2D eigenvalue weighted by Gasteiger charge is 2.20. The molecule has 1 aliphatic heterocycles. The Labute approximate surface area is 163 Å². The molecule has 144 valence electrons. The number of amides is 1. The van der Waals surface area contributed by atoms with Crippen LogP contribution in [0.4, 0.5) is 5.95 Å². The quantitative estimate of drug-likeness (QED) is 0.711. The van der Waals surface area contributed by atoms with Crippen molar-refractivity contribution in [2.24, 2.45) is 0 Å². The SMILES string of the molecule is O=C(NCCc1ccco1)c1cnc(N2CCCCC2)nc1-c1ccccn1. The highest BCUT2D eigenvalue weighted by atomic mass is 16.3. The summed E-state index contributed by atoms with van der Waals surface area (Å²) in [5.74, 6) is 1.28. The number of anilines is 1. The van der Waals surface area contributed by atoms with Crippen molar-refractivity contribution < 1.29 is 9.21 Å². The first-order valence-corrected chi connectivity index (χ1v) is 9.65. The molecule has 7 heteroatoms. The van der Waals surface area contributed by atoms with E-state index in [0.717, 1.165) is 31.7 Å². The molecule has 0 atom stereocenters. The third kappa shape index (κ3) is 4.19. The van der Waals surface area contributed by atoms with Crippen LogP contribution >= 0.6 is 0 Å². The average molecular weight is 377 g/mol. The molecule has 1 aliphatic rings. The summed E-state index contributed by atoms with van der Waals surface area (Å²) in [6.45, 7) is 2.36. The van der Waals surface area contributed by atoms with Gasteiger partial charge >= 0.3 is 0 Å². The molecule has 3 aromatic rings. The molecule has 0 radical (unpaired) electrons. The molecule has 4 heterocycles. The van der Waals surface area contributed by atoms with E-state index in [1.165, 1.54) is 6.42 Å². The first-order valence-electron chi connectivity index (χ1n) is 9.65. The number of carbonyl (C=O) groups excluding carboxylic acids is 1. The monoisotopic (exact) mass is 377 g/mol. The van der Waals surface area contributed by atoms with Crippen molar-refractivity contribution in [3.05, 3.63) is 60.3 Å². The minimum Gasteiger partial charge on any atom is -0.469 e. The second-order valence-corrected chi connectivity index (χ2v) is 6.78. The van der Waals surface area contributed by atoms with Crippen molar-refractivity contribution in [2.45, 2.75) is 25.7 Å². The summed E-state index contributed by atoms with van der Waals surface area (Å²) in [5.41, 5.74) is 1.66. The van der Waals surface area contributed by atoms with E-state index >= 15 is 0 Å². The van der Waals surface area contributed by atoms with Crippen LogP contribution in [0.2, 0.25) is 0 Å². The first-order chi connectivity index (χ1) is 13.8. The van der Waals surface area contributed by atoms with Crippen LogP contribution in [0.3, 0.4) is 0 Å². The maximum atomic E-state index is 12.8. The van der Waals surface area contributed by atoms with Crippen molar-refractivity contribution in [2.75, 3.05) is 24.5 Å². The molecular weight excluding hydrogens is 354 g/mol. The van der Waals surface area contributed by atoms with E-state index in [-0.39, 0.29) is 5.91 Å². The molecule has 1 amide bonds. The van der Waals surface area contributed by atoms with E-state index in [1.807, 2.05) is 30.3 Å². The van der Waals surface area contributed by atoms with Gasteiger partial charge in [-0.3, -0.25) is 9.78 Å². The zero-order chi connectivity index (χ0) is 19.2. The molecule has 0 unspecified atom stereocenters. The summed E-state index contributed by atoms with van der Waals surface area (Å²) in [5, 5.41) is 2.93. The summed E-state index contributed by atoms with van der Waals surface area (Å²) in [4.78, 5) is 28.6. The van der Waals surface area contributed by atoms with Gasteiger partial charge in [0.25, 0.3) is 5.91 Å². The number of piperidine rings is 1. The number of aromatic nitrogens is 3. The summed E-state index contributed by atoms with van der Waals surface area (Å²) in [6.07, 6.45) is 9.09. The van der Waals surface area contributed by atoms with Gasteiger partial charge in [0.2, 0.25) is 5.95 Å². The fourth-order valence-corrected chi connectivity index (χ4v) is 3.33. The normalized spacial score (nSPS) is 14.1. The predicted molar refractivity (Wildman–Crippen MR) is 106 cm³/mol. The molecule has 28 heavy (non-hydrogen) atoms. The van der Waals surface area contributed by atoms with Crippen molar-refractivity contribution in [1.29, 1.82) is 0 Å². The van der Waals surface area contributed by atoms with Crippen LogP contribution in [0, 0.1) is 0 Å². The standard InChI is InChI=1S/C21H23N5O2/c27-20(23-11-9-16-7-6-14-28-16)17-15-24-21(26-12-4-1-5-13-26)25-19(17)18-8-2-3-10-22-18/h2-3,6-8,10,14-15H,1,4-5,9,11-13H2,(H,23,27). The van der Waals surface area contributed by atoms with Gasteiger partial charge in [-0.25, -0.2) is 9.97 Å². The Morgan fingerprint density at radius 1 is 1.11 bits per heavy atom. The second-order valence-electron chi connectivity index (χ2n) is 6.78. The average Bonchev–Trinajstić information content (AvgIpc) is 3.28. The lowest BCUT2D eigenvalue weighted by molar-refractivity contribution is 0.0953. The molecule has 0 spiro atoms. The van der Waals surface area contributed by atoms with Crippen molar-refractivity contribution in [1.82, 2.24) is 20.3 Å². The minimum atomic E-state index is -0.211. The number of hydrogen-bond donors (Lipinski definition) is 1. The molecule has 7 nitrogen and oxygen atoms in total. The molecule has 3 aromatic heterocycles. The molecule has 1 N–H and O–H groups in total. The Bertz CT molecular complexity index is 906. The van der Waals surface area contributed by atoms with Crippen molar-refractivity contribution in [3.63, 3.8) is 0 Å². The topological polar surface area (TPSA) is 84.2 Å². The molecule has 1 saturated heterocycles. The van der Waals surface area contributed by atoms with Crippen LogP contribution in [0.25, 0.3) is 11.4 Å². The first kappa shape index (κ1) is 18.2. The molecule has 0 bridgehead atoms. The summed E-state index contributed by atoms with van der Waals surface area (Å²) in [7, 11) is 0. The van der Waals surface area contributed by atoms with E-state index in [1.54, 1.807) is 18.7 Å². The van der Waals surface area contributed by atoms with Crippen LogP contribution in [-0.4, -0.2) is 40.5 Å². The largest absolute Gasteiger partial charge is 0.469 e. The highest BCUT2D eigenvalue weighted by Crippen LogP contribution is 2.23. The van der Waals surface area contributed by atoms with Gasteiger partial charge in [0.05, 0.1) is 17.5 Å². The number of furan rings is 1. The Balaban J connectivity index is 1.57. The van der Waals surface area contributed by atoms with E-state index in [0.29, 0.717) is 35.9 Å². The van der Waals surface area contributed by atoms with Crippen molar-refractivity contribution in [3.8, 4) is 11.4 Å². The smallest absolute Gasteiger partial charge is 0.255 e. The van der Waals surface area contributed by atoms with Gasteiger partial charge in [0, 0.05) is 38.4 Å². The summed E-state index contributed by atoms with van der Waals surface area (Å²) >= 11 is 0. The number of carbonyl (C=O) groups is 1. The molecule has 1 fully saturated rings. The number of nitrogens with zero attached hydrogens (tertiary/aromatic N) is 4. The number of hydrogen-bond acceptors (Lipinski definition) is 6. The molecule has 4 rings (SSSR count). The Morgan fingerprint density at radius 2 is 2.00 bits per heavy atom. The summed E-state index contributed by atoms with van der Waals surface area (Å²) in [6, 6.07) is 9.33. The van der Waals surface area contributed by atoms with Crippen molar-refractivity contribution >= 4 is 11.9 Å². The maximum absolute atomic E-state index is 12.8. The zero-order valence-corrected chi connectivity index (χ0v) is 15.7. The second kappa shape index (κ2) is 8.65. The van der Waals surface area contributed by atoms with Gasteiger partial charge in [0.1, 0.15) is 11.5 Å². The summed E-state index contributed by atoms with van der Waals surface area (Å²) < 4.78 is 5.31.